The number of aliphatic hydroxyl groups excluding tert-OH is 2. The third-order valence-corrected chi connectivity index (χ3v) is 2.13. The molecule has 0 bridgehead atoms. The van der Waals surface area contributed by atoms with Gasteiger partial charge in [0.15, 0.2) is 0 Å². The molecule has 6 heteroatoms. The van der Waals surface area contributed by atoms with Gasteiger partial charge in [0.1, 0.15) is 6.10 Å². The molecule has 0 saturated heterocycles. The molecule has 16 heavy (non-hydrogen) atoms. The number of pyridine rings is 1. The molecule has 0 saturated carbocycles. The summed E-state index contributed by atoms with van der Waals surface area (Å²) in [6.45, 7) is 1.46. The van der Waals surface area contributed by atoms with Crippen molar-refractivity contribution in [2.24, 2.45) is 0 Å². The lowest BCUT2D eigenvalue weighted by atomic mass is 10.0. The Balaban J connectivity index is 2.83. The minimum absolute atomic E-state index is 0.188. The van der Waals surface area contributed by atoms with Gasteiger partial charge in [-0.05, 0) is 13.0 Å². The molecule has 1 aromatic rings. The van der Waals surface area contributed by atoms with Gasteiger partial charge in [0.25, 0.3) is 0 Å². The SMILES string of the molecule is Cc1cc(C(O)C(O)CC(=O)O)cnc1F. The molecule has 1 heterocycles. The van der Waals surface area contributed by atoms with Crippen LogP contribution in [0, 0.1) is 12.9 Å². The molecule has 0 aliphatic heterocycles. The summed E-state index contributed by atoms with van der Waals surface area (Å²) in [6.07, 6.45) is -2.34. The molecular weight excluding hydrogens is 217 g/mol. The molecule has 0 aromatic carbocycles. The van der Waals surface area contributed by atoms with Gasteiger partial charge in [-0.25, -0.2) is 4.98 Å². The van der Waals surface area contributed by atoms with Crippen LogP contribution in [0.4, 0.5) is 4.39 Å². The second-order valence-electron chi connectivity index (χ2n) is 3.49. The number of carboxylic acid groups (broad SMARTS) is 1. The summed E-state index contributed by atoms with van der Waals surface area (Å²) in [4.78, 5) is 13.7. The quantitative estimate of drug-likeness (QED) is 0.650. The van der Waals surface area contributed by atoms with Crippen LogP contribution in [0.2, 0.25) is 0 Å². The second kappa shape index (κ2) is 5.00. The van der Waals surface area contributed by atoms with E-state index < -0.39 is 30.5 Å². The Bertz CT molecular complexity index is 396. The minimum Gasteiger partial charge on any atom is -0.481 e. The molecule has 0 aliphatic rings. The van der Waals surface area contributed by atoms with Crippen LogP contribution in [-0.2, 0) is 4.79 Å². The van der Waals surface area contributed by atoms with E-state index in [0.717, 1.165) is 6.20 Å². The maximum atomic E-state index is 12.8. The van der Waals surface area contributed by atoms with Crippen molar-refractivity contribution in [2.75, 3.05) is 0 Å². The van der Waals surface area contributed by atoms with Crippen molar-refractivity contribution >= 4 is 5.97 Å². The number of carbonyl (C=O) groups is 1. The first-order valence-electron chi connectivity index (χ1n) is 4.61. The van der Waals surface area contributed by atoms with E-state index in [4.69, 9.17) is 5.11 Å². The van der Waals surface area contributed by atoms with Crippen molar-refractivity contribution in [3.63, 3.8) is 0 Å². The molecule has 2 unspecified atom stereocenters. The van der Waals surface area contributed by atoms with Gasteiger partial charge in [-0.15, -0.1) is 0 Å². The lowest BCUT2D eigenvalue weighted by Crippen LogP contribution is -2.22. The first-order valence-corrected chi connectivity index (χ1v) is 4.61. The Morgan fingerprint density at radius 1 is 1.56 bits per heavy atom. The molecule has 1 aromatic heterocycles. The van der Waals surface area contributed by atoms with E-state index in [1.807, 2.05) is 0 Å². The van der Waals surface area contributed by atoms with Gasteiger partial charge < -0.3 is 15.3 Å². The van der Waals surface area contributed by atoms with Crippen LogP contribution in [0.15, 0.2) is 12.3 Å². The Morgan fingerprint density at radius 2 is 2.19 bits per heavy atom. The molecule has 1 rings (SSSR count). The highest BCUT2D eigenvalue weighted by Crippen LogP contribution is 2.19. The van der Waals surface area contributed by atoms with Crippen molar-refractivity contribution < 1.29 is 24.5 Å². The fourth-order valence-electron chi connectivity index (χ4n) is 1.25. The predicted octanol–water partition coefficient (Wildman–Crippen LogP) is 0.398. The van der Waals surface area contributed by atoms with Crippen molar-refractivity contribution in [3.8, 4) is 0 Å². The van der Waals surface area contributed by atoms with Crippen LogP contribution in [0.25, 0.3) is 0 Å². The molecule has 5 nitrogen and oxygen atoms in total. The number of halogens is 1. The monoisotopic (exact) mass is 229 g/mol. The molecule has 3 N–H and O–H groups in total. The lowest BCUT2D eigenvalue weighted by molar-refractivity contribution is -0.141. The first-order chi connectivity index (χ1) is 7.41. The number of hydrogen-bond acceptors (Lipinski definition) is 4. The molecule has 0 spiro atoms. The molecule has 0 fully saturated rings. The van der Waals surface area contributed by atoms with Crippen LogP contribution in [0.3, 0.4) is 0 Å². The average molecular weight is 229 g/mol. The fourth-order valence-corrected chi connectivity index (χ4v) is 1.25. The smallest absolute Gasteiger partial charge is 0.306 e. The number of rotatable bonds is 4. The number of aryl methyl sites for hydroxylation is 1. The molecular formula is C10H12FNO4. The number of aliphatic carboxylic acids is 1. The highest BCUT2D eigenvalue weighted by molar-refractivity contribution is 5.67. The first kappa shape index (κ1) is 12.5. The zero-order chi connectivity index (χ0) is 12.3. The summed E-state index contributed by atoms with van der Waals surface area (Å²) in [7, 11) is 0. The maximum Gasteiger partial charge on any atom is 0.306 e. The van der Waals surface area contributed by atoms with Gasteiger partial charge in [0, 0.05) is 17.3 Å². The Labute approximate surface area is 91.2 Å². The van der Waals surface area contributed by atoms with Crippen molar-refractivity contribution in [1.29, 1.82) is 0 Å². The van der Waals surface area contributed by atoms with E-state index >= 15 is 0 Å². The third kappa shape index (κ3) is 2.98. The van der Waals surface area contributed by atoms with Crippen LogP contribution in [-0.4, -0.2) is 32.4 Å². The van der Waals surface area contributed by atoms with E-state index in [1.165, 1.54) is 13.0 Å². The number of aliphatic hydroxyl groups is 2. The van der Waals surface area contributed by atoms with Crippen LogP contribution < -0.4 is 0 Å². The largest absolute Gasteiger partial charge is 0.481 e. The van der Waals surface area contributed by atoms with Gasteiger partial charge in [-0.1, -0.05) is 0 Å². The topological polar surface area (TPSA) is 90.7 Å². The second-order valence-corrected chi connectivity index (χ2v) is 3.49. The number of aromatic nitrogens is 1. The molecule has 2 atom stereocenters. The van der Waals surface area contributed by atoms with Gasteiger partial charge >= 0.3 is 5.97 Å². The normalized spacial score (nSPS) is 14.5. The zero-order valence-corrected chi connectivity index (χ0v) is 8.59. The van der Waals surface area contributed by atoms with Crippen LogP contribution in [0.5, 0.6) is 0 Å². The number of hydrogen-bond donors (Lipinski definition) is 3. The van der Waals surface area contributed by atoms with Gasteiger partial charge in [0.05, 0.1) is 12.5 Å². The molecule has 0 radical (unpaired) electrons. The highest BCUT2D eigenvalue weighted by atomic mass is 19.1. The van der Waals surface area contributed by atoms with E-state index in [-0.39, 0.29) is 11.1 Å². The summed E-state index contributed by atoms with van der Waals surface area (Å²) in [5, 5.41) is 27.4. The van der Waals surface area contributed by atoms with Crippen molar-refractivity contribution in [1.82, 2.24) is 4.98 Å². The van der Waals surface area contributed by atoms with Crippen molar-refractivity contribution in [3.05, 3.63) is 29.3 Å². The number of nitrogens with zero attached hydrogens (tertiary/aromatic N) is 1. The summed E-state index contributed by atoms with van der Waals surface area (Å²) < 4.78 is 12.8. The Kier molecular flexibility index (Phi) is 3.92. The number of carboxylic acids is 1. The summed E-state index contributed by atoms with van der Waals surface area (Å²) in [6, 6.07) is 1.32. The molecule has 88 valence electrons. The van der Waals surface area contributed by atoms with Gasteiger partial charge in [0.2, 0.25) is 5.95 Å². The predicted molar refractivity (Wildman–Crippen MR) is 52.2 cm³/mol. The fraction of sp³-hybridized carbons (Fsp3) is 0.400. The molecule has 0 amide bonds. The van der Waals surface area contributed by atoms with Gasteiger partial charge in [-0.3, -0.25) is 4.79 Å². The average Bonchev–Trinajstić information content (AvgIpc) is 2.20. The van der Waals surface area contributed by atoms with Crippen LogP contribution >= 0.6 is 0 Å². The van der Waals surface area contributed by atoms with E-state index in [1.54, 1.807) is 0 Å². The zero-order valence-electron chi connectivity index (χ0n) is 8.59. The van der Waals surface area contributed by atoms with Gasteiger partial charge in [-0.2, -0.15) is 4.39 Å². The standard InChI is InChI=1S/C10H12FNO4/c1-5-2-6(4-12-10(5)11)9(16)7(13)3-8(14)15/h2,4,7,9,13,16H,3H2,1H3,(H,14,15). The summed E-state index contributed by atoms with van der Waals surface area (Å²) in [5.41, 5.74) is 0.409. The van der Waals surface area contributed by atoms with E-state index in [2.05, 4.69) is 4.98 Å². The Hall–Kier alpha value is -1.53. The molecule has 0 aliphatic carbocycles. The highest BCUT2D eigenvalue weighted by Gasteiger charge is 2.21. The summed E-state index contributed by atoms with van der Waals surface area (Å²) in [5.74, 6) is -1.89. The van der Waals surface area contributed by atoms with Crippen molar-refractivity contribution in [2.45, 2.75) is 25.6 Å². The summed E-state index contributed by atoms with van der Waals surface area (Å²) >= 11 is 0. The third-order valence-electron chi connectivity index (χ3n) is 2.13. The van der Waals surface area contributed by atoms with E-state index in [0.29, 0.717) is 0 Å². The van der Waals surface area contributed by atoms with E-state index in [9.17, 15) is 19.4 Å². The maximum absolute atomic E-state index is 12.8. The Morgan fingerprint density at radius 3 is 2.69 bits per heavy atom. The van der Waals surface area contributed by atoms with Crippen LogP contribution in [0.1, 0.15) is 23.7 Å². The lowest BCUT2D eigenvalue weighted by Gasteiger charge is -2.16. The minimum atomic E-state index is -1.44.